The zero-order valence-corrected chi connectivity index (χ0v) is 16.6. The van der Waals surface area contributed by atoms with Gasteiger partial charge in [0, 0.05) is 18.6 Å². The van der Waals surface area contributed by atoms with E-state index in [1.54, 1.807) is 11.9 Å². The van der Waals surface area contributed by atoms with Crippen molar-refractivity contribution in [1.29, 1.82) is 0 Å². The Kier molecular flexibility index (Phi) is 6.11. The molecule has 0 bridgehead atoms. The Bertz CT molecular complexity index is 810. The number of nitrogens with one attached hydrogen (secondary N) is 1. The summed E-state index contributed by atoms with van der Waals surface area (Å²) in [5.41, 5.74) is 1.99. The van der Waals surface area contributed by atoms with Crippen LogP contribution >= 0.6 is 11.6 Å². The third-order valence-electron chi connectivity index (χ3n) is 4.53. The van der Waals surface area contributed by atoms with Crippen LogP contribution in [0.2, 0.25) is 5.02 Å². The zero-order chi connectivity index (χ0) is 19.4. The average Bonchev–Trinajstić information content (AvgIpc) is 2.65. The molecular weight excluding hydrogens is 364 g/mol. The fourth-order valence-corrected chi connectivity index (χ4v) is 3.33. The lowest BCUT2D eigenvalue weighted by Crippen LogP contribution is -2.40. The molecule has 144 valence electrons. The Morgan fingerprint density at radius 3 is 2.59 bits per heavy atom. The highest BCUT2D eigenvalue weighted by molar-refractivity contribution is 6.30. The SMILES string of the molecule is CC(C)[C@@H](NC(=O)N(C)Cc1cccc(Cl)c1)c1ccc2c(c1)OCCO2. The number of urea groups is 1. The molecule has 0 aromatic heterocycles. The van der Waals surface area contributed by atoms with Gasteiger partial charge in [0.25, 0.3) is 0 Å². The van der Waals surface area contributed by atoms with Gasteiger partial charge in [-0.2, -0.15) is 0 Å². The van der Waals surface area contributed by atoms with Crippen LogP contribution in [0.25, 0.3) is 0 Å². The van der Waals surface area contributed by atoms with Gasteiger partial charge in [0.15, 0.2) is 11.5 Å². The largest absolute Gasteiger partial charge is 0.486 e. The van der Waals surface area contributed by atoms with Gasteiger partial charge in [-0.15, -0.1) is 0 Å². The van der Waals surface area contributed by atoms with E-state index >= 15 is 0 Å². The fourth-order valence-electron chi connectivity index (χ4n) is 3.11. The summed E-state index contributed by atoms with van der Waals surface area (Å²) in [4.78, 5) is 14.4. The average molecular weight is 389 g/mol. The van der Waals surface area contributed by atoms with Crippen molar-refractivity contribution >= 4 is 17.6 Å². The van der Waals surface area contributed by atoms with E-state index in [1.165, 1.54) is 0 Å². The Morgan fingerprint density at radius 1 is 1.15 bits per heavy atom. The third kappa shape index (κ3) is 4.86. The van der Waals surface area contributed by atoms with Crippen molar-refractivity contribution in [3.8, 4) is 11.5 Å². The highest BCUT2D eigenvalue weighted by Crippen LogP contribution is 2.34. The summed E-state index contributed by atoms with van der Waals surface area (Å²) < 4.78 is 11.3. The van der Waals surface area contributed by atoms with Crippen molar-refractivity contribution < 1.29 is 14.3 Å². The number of hydrogen-bond donors (Lipinski definition) is 1. The number of carbonyl (C=O) groups excluding carboxylic acids is 1. The predicted molar refractivity (Wildman–Crippen MR) is 106 cm³/mol. The molecule has 2 amide bonds. The number of halogens is 1. The summed E-state index contributed by atoms with van der Waals surface area (Å²) in [5, 5.41) is 3.80. The van der Waals surface area contributed by atoms with E-state index in [0.717, 1.165) is 22.6 Å². The maximum atomic E-state index is 12.7. The summed E-state index contributed by atoms with van der Waals surface area (Å²) in [5.74, 6) is 1.69. The molecule has 1 heterocycles. The molecule has 0 spiro atoms. The van der Waals surface area contributed by atoms with Crippen LogP contribution in [0.5, 0.6) is 11.5 Å². The first kappa shape index (κ1) is 19.4. The summed E-state index contributed by atoms with van der Waals surface area (Å²) in [7, 11) is 1.78. The van der Waals surface area contributed by atoms with Crippen molar-refractivity contribution in [3.05, 3.63) is 58.6 Å². The van der Waals surface area contributed by atoms with E-state index in [2.05, 4.69) is 19.2 Å². The highest BCUT2D eigenvalue weighted by atomic mass is 35.5. The number of rotatable bonds is 5. The van der Waals surface area contributed by atoms with Crippen molar-refractivity contribution in [3.63, 3.8) is 0 Å². The molecule has 1 aliphatic rings. The van der Waals surface area contributed by atoms with Gasteiger partial charge >= 0.3 is 6.03 Å². The second-order valence-corrected chi connectivity index (χ2v) is 7.50. The molecule has 0 aliphatic carbocycles. The summed E-state index contributed by atoms with van der Waals surface area (Å²) >= 11 is 6.03. The Hall–Kier alpha value is -2.40. The van der Waals surface area contributed by atoms with Gasteiger partial charge < -0.3 is 19.7 Å². The van der Waals surface area contributed by atoms with Crippen LogP contribution in [0.4, 0.5) is 4.79 Å². The maximum Gasteiger partial charge on any atom is 0.317 e. The minimum Gasteiger partial charge on any atom is -0.486 e. The zero-order valence-electron chi connectivity index (χ0n) is 15.9. The minimum absolute atomic E-state index is 0.130. The molecule has 5 nitrogen and oxygen atoms in total. The molecule has 27 heavy (non-hydrogen) atoms. The fraction of sp³-hybridized carbons (Fsp3) is 0.381. The van der Waals surface area contributed by atoms with Crippen LogP contribution in [0, 0.1) is 5.92 Å². The molecule has 0 radical (unpaired) electrons. The standard InChI is InChI=1S/C21H25ClN2O3/c1-14(2)20(16-7-8-18-19(12-16)27-10-9-26-18)23-21(25)24(3)13-15-5-4-6-17(22)11-15/h4-8,11-12,14,20H,9-10,13H2,1-3H3,(H,23,25)/t20-/m1/s1. The van der Waals surface area contributed by atoms with Gasteiger partial charge in [0.1, 0.15) is 13.2 Å². The molecular formula is C21H25ClN2O3. The van der Waals surface area contributed by atoms with Crippen LogP contribution in [0.1, 0.15) is 31.0 Å². The topological polar surface area (TPSA) is 50.8 Å². The molecule has 0 saturated heterocycles. The van der Waals surface area contributed by atoms with Crippen LogP contribution in [-0.2, 0) is 6.54 Å². The first-order chi connectivity index (χ1) is 12.9. The van der Waals surface area contributed by atoms with Crippen LogP contribution in [-0.4, -0.2) is 31.2 Å². The van der Waals surface area contributed by atoms with Gasteiger partial charge in [-0.1, -0.05) is 43.6 Å². The number of fused-ring (bicyclic) bond motifs is 1. The van der Waals surface area contributed by atoms with Gasteiger partial charge in [-0.3, -0.25) is 0 Å². The lowest BCUT2D eigenvalue weighted by Gasteiger charge is -2.28. The molecule has 1 aliphatic heterocycles. The molecule has 0 unspecified atom stereocenters. The molecule has 1 atom stereocenters. The minimum atomic E-state index is -0.136. The maximum absolute atomic E-state index is 12.7. The first-order valence-electron chi connectivity index (χ1n) is 9.09. The van der Waals surface area contributed by atoms with Crippen LogP contribution in [0.15, 0.2) is 42.5 Å². The van der Waals surface area contributed by atoms with Gasteiger partial charge in [-0.25, -0.2) is 4.79 Å². The molecule has 0 fully saturated rings. The number of nitrogens with zero attached hydrogens (tertiary/aromatic N) is 1. The Labute approximate surface area is 165 Å². The van der Waals surface area contributed by atoms with Gasteiger partial charge in [0.05, 0.1) is 6.04 Å². The van der Waals surface area contributed by atoms with E-state index in [9.17, 15) is 4.79 Å². The monoisotopic (exact) mass is 388 g/mol. The number of hydrogen-bond acceptors (Lipinski definition) is 3. The van der Waals surface area contributed by atoms with Crippen molar-refractivity contribution in [2.24, 2.45) is 5.92 Å². The Morgan fingerprint density at radius 2 is 1.89 bits per heavy atom. The van der Waals surface area contributed by atoms with Crippen molar-refractivity contribution in [2.45, 2.75) is 26.4 Å². The second kappa shape index (κ2) is 8.53. The highest BCUT2D eigenvalue weighted by Gasteiger charge is 2.23. The molecule has 1 N–H and O–H groups in total. The summed E-state index contributed by atoms with van der Waals surface area (Å²) in [6.07, 6.45) is 0. The van der Waals surface area contributed by atoms with E-state index < -0.39 is 0 Å². The van der Waals surface area contributed by atoms with E-state index in [4.69, 9.17) is 21.1 Å². The lowest BCUT2D eigenvalue weighted by molar-refractivity contribution is 0.171. The normalized spacial score (nSPS) is 14.0. The van der Waals surface area contributed by atoms with Crippen molar-refractivity contribution in [1.82, 2.24) is 10.2 Å². The van der Waals surface area contributed by atoms with Crippen molar-refractivity contribution in [2.75, 3.05) is 20.3 Å². The Balaban J connectivity index is 1.71. The van der Waals surface area contributed by atoms with Crippen LogP contribution < -0.4 is 14.8 Å². The smallest absolute Gasteiger partial charge is 0.317 e. The second-order valence-electron chi connectivity index (χ2n) is 7.06. The van der Waals surface area contributed by atoms with Gasteiger partial charge in [0.2, 0.25) is 0 Å². The number of amides is 2. The first-order valence-corrected chi connectivity index (χ1v) is 9.47. The lowest BCUT2D eigenvalue weighted by atomic mass is 9.95. The number of benzene rings is 2. The third-order valence-corrected chi connectivity index (χ3v) is 4.76. The summed E-state index contributed by atoms with van der Waals surface area (Å²) in [6.45, 7) is 5.75. The molecule has 3 rings (SSSR count). The van der Waals surface area contributed by atoms with Gasteiger partial charge in [-0.05, 0) is 41.3 Å². The predicted octanol–water partition coefficient (Wildman–Crippen LogP) is 4.65. The van der Waals surface area contributed by atoms with E-state index in [-0.39, 0.29) is 18.0 Å². The van der Waals surface area contributed by atoms with E-state index in [0.29, 0.717) is 24.8 Å². The number of ether oxygens (including phenoxy) is 2. The molecule has 2 aromatic rings. The molecule has 0 saturated carbocycles. The summed E-state index contributed by atoms with van der Waals surface area (Å²) in [6, 6.07) is 13.1. The van der Waals surface area contributed by atoms with E-state index in [1.807, 2.05) is 42.5 Å². The molecule has 6 heteroatoms. The van der Waals surface area contributed by atoms with Crippen LogP contribution in [0.3, 0.4) is 0 Å². The number of carbonyl (C=O) groups is 1. The quantitative estimate of drug-likeness (QED) is 0.811. The molecule has 2 aromatic carbocycles.